The smallest absolute Gasteiger partial charge is 0.416 e. The van der Waals surface area contributed by atoms with Crippen molar-refractivity contribution in [1.29, 1.82) is 0 Å². The van der Waals surface area contributed by atoms with E-state index in [1.54, 1.807) is 18.2 Å². The number of carboxylic acids is 1. The number of benzene rings is 3. The van der Waals surface area contributed by atoms with Crippen molar-refractivity contribution in [3.8, 4) is 28.0 Å². The van der Waals surface area contributed by atoms with Gasteiger partial charge in [-0.3, -0.25) is 0 Å². The Kier molecular flexibility index (Phi) is 5.14. The molecule has 3 aromatic rings. The van der Waals surface area contributed by atoms with Gasteiger partial charge in [-0.2, -0.15) is 13.2 Å². The highest BCUT2D eigenvalue weighted by atomic mass is 19.4. The Morgan fingerprint density at radius 2 is 1.54 bits per heavy atom. The van der Waals surface area contributed by atoms with Gasteiger partial charge < -0.3 is 9.84 Å². The zero-order valence-electron chi connectivity index (χ0n) is 15.2. The minimum atomic E-state index is -4.40. The molecule has 0 atom stereocenters. The van der Waals surface area contributed by atoms with Gasteiger partial charge in [0.25, 0.3) is 0 Å². The summed E-state index contributed by atoms with van der Waals surface area (Å²) in [7, 11) is 1.50. The summed E-state index contributed by atoms with van der Waals surface area (Å²) in [6.45, 7) is 1.81. The van der Waals surface area contributed by atoms with Crippen LogP contribution in [0.3, 0.4) is 0 Å². The molecule has 0 aliphatic heterocycles. The summed E-state index contributed by atoms with van der Waals surface area (Å²) in [5, 5.41) is 9.11. The summed E-state index contributed by atoms with van der Waals surface area (Å²) < 4.78 is 43.8. The van der Waals surface area contributed by atoms with Crippen LogP contribution in [0.1, 0.15) is 21.5 Å². The maximum absolute atomic E-state index is 12.8. The van der Waals surface area contributed by atoms with Crippen LogP contribution in [0, 0.1) is 6.92 Å². The molecule has 1 N–H and O–H groups in total. The molecule has 0 spiro atoms. The first kappa shape index (κ1) is 19.5. The summed E-state index contributed by atoms with van der Waals surface area (Å²) in [4.78, 5) is 11.1. The van der Waals surface area contributed by atoms with Crippen LogP contribution >= 0.6 is 0 Å². The maximum Gasteiger partial charge on any atom is 0.416 e. The molecule has 3 rings (SSSR count). The van der Waals surface area contributed by atoms with E-state index < -0.39 is 17.7 Å². The average molecular weight is 386 g/mol. The van der Waals surface area contributed by atoms with Gasteiger partial charge >= 0.3 is 12.1 Å². The fraction of sp³-hybridized carbons (Fsp3) is 0.136. The molecule has 0 amide bonds. The van der Waals surface area contributed by atoms with Gasteiger partial charge in [0.1, 0.15) is 5.75 Å². The molecule has 0 aliphatic carbocycles. The Morgan fingerprint density at radius 1 is 0.893 bits per heavy atom. The molecule has 28 heavy (non-hydrogen) atoms. The van der Waals surface area contributed by atoms with Crippen molar-refractivity contribution >= 4 is 5.97 Å². The predicted molar refractivity (Wildman–Crippen MR) is 101 cm³/mol. The molecule has 0 unspecified atom stereocenters. The zero-order chi connectivity index (χ0) is 20.5. The number of aromatic carboxylic acids is 1. The minimum absolute atomic E-state index is 0.192. The van der Waals surface area contributed by atoms with E-state index in [1.807, 2.05) is 19.1 Å². The predicted octanol–water partition coefficient (Wildman–Crippen LogP) is 6.05. The fourth-order valence-corrected chi connectivity index (χ4v) is 3.06. The van der Waals surface area contributed by atoms with E-state index >= 15 is 0 Å². The van der Waals surface area contributed by atoms with Gasteiger partial charge in [-0.1, -0.05) is 24.3 Å². The van der Waals surface area contributed by atoms with Crippen molar-refractivity contribution in [3.05, 3.63) is 77.4 Å². The number of methoxy groups -OCH3 is 1. The average Bonchev–Trinajstić information content (AvgIpc) is 2.67. The van der Waals surface area contributed by atoms with Gasteiger partial charge in [0.05, 0.1) is 18.2 Å². The molecule has 0 aliphatic rings. The largest absolute Gasteiger partial charge is 0.496 e. The monoisotopic (exact) mass is 386 g/mol. The van der Waals surface area contributed by atoms with Crippen LogP contribution in [0.5, 0.6) is 5.75 Å². The Bertz CT molecular complexity index is 1020. The number of aryl methyl sites for hydroxylation is 1. The number of rotatable bonds is 4. The topological polar surface area (TPSA) is 46.5 Å². The van der Waals surface area contributed by atoms with Gasteiger partial charge in [0.15, 0.2) is 0 Å². The lowest BCUT2D eigenvalue weighted by Crippen LogP contribution is -2.04. The SMILES string of the molecule is COc1ccc(-c2ccc(C(=O)O)cc2C)cc1-c1ccc(C(F)(F)F)cc1. The third-order valence-electron chi connectivity index (χ3n) is 4.51. The molecule has 6 heteroatoms. The maximum atomic E-state index is 12.8. The van der Waals surface area contributed by atoms with E-state index in [1.165, 1.54) is 25.3 Å². The number of carbonyl (C=O) groups is 1. The highest BCUT2D eigenvalue weighted by molar-refractivity contribution is 5.89. The van der Waals surface area contributed by atoms with E-state index in [4.69, 9.17) is 9.84 Å². The van der Waals surface area contributed by atoms with Crippen LogP contribution in [0.15, 0.2) is 60.7 Å². The van der Waals surface area contributed by atoms with Gasteiger partial charge in [-0.25, -0.2) is 4.79 Å². The lowest BCUT2D eigenvalue weighted by Gasteiger charge is -2.14. The van der Waals surface area contributed by atoms with E-state index in [-0.39, 0.29) is 5.56 Å². The Labute approximate surface area is 160 Å². The summed E-state index contributed by atoms with van der Waals surface area (Å²) in [6.07, 6.45) is -4.40. The van der Waals surface area contributed by atoms with Gasteiger partial charge in [-0.05, 0) is 65.6 Å². The summed E-state index contributed by atoms with van der Waals surface area (Å²) in [5.41, 5.74) is 3.14. The standard InChI is InChI=1S/C22H17F3O3/c1-13-11-16(21(26)27)5-9-18(13)15-6-10-20(28-2)19(12-15)14-3-7-17(8-4-14)22(23,24)25/h3-12H,1-2H3,(H,26,27). The highest BCUT2D eigenvalue weighted by Gasteiger charge is 2.30. The Morgan fingerprint density at radius 3 is 2.07 bits per heavy atom. The number of halogens is 3. The van der Waals surface area contributed by atoms with Crippen molar-refractivity contribution < 1.29 is 27.8 Å². The molecule has 0 fully saturated rings. The lowest BCUT2D eigenvalue weighted by atomic mass is 9.94. The van der Waals surface area contributed by atoms with Gasteiger partial charge in [0.2, 0.25) is 0 Å². The van der Waals surface area contributed by atoms with Crippen LogP contribution in [0.4, 0.5) is 13.2 Å². The number of hydrogen-bond acceptors (Lipinski definition) is 2. The Hall–Kier alpha value is -3.28. The van der Waals surface area contributed by atoms with Crippen molar-refractivity contribution in [3.63, 3.8) is 0 Å². The molecule has 3 nitrogen and oxygen atoms in total. The van der Waals surface area contributed by atoms with Crippen LogP contribution in [-0.4, -0.2) is 18.2 Å². The van der Waals surface area contributed by atoms with Crippen molar-refractivity contribution in [1.82, 2.24) is 0 Å². The van der Waals surface area contributed by atoms with Crippen LogP contribution in [0.2, 0.25) is 0 Å². The number of hydrogen-bond donors (Lipinski definition) is 1. The van der Waals surface area contributed by atoms with E-state index in [0.717, 1.165) is 28.8 Å². The van der Waals surface area contributed by atoms with Gasteiger partial charge in [-0.15, -0.1) is 0 Å². The number of alkyl halides is 3. The summed E-state index contributed by atoms with van der Waals surface area (Å²) in [6, 6.07) is 15.1. The second-order valence-corrected chi connectivity index (χ2v) is 6.33. The van der Waals surface area contributed by atoms with Crippen molar-refractivity contribution in [2.75, 3.05) is 7.11 Å². The molecule has 0 radical (unpaired) electrons. The minimum Gasteiger partial charge on any atom is -0.496 e. The summed E-state index contributed by atoms with van der Waals surface area (Å²) >= 11 is 0. The molecule has 0 aromatic heterocycles. The first-order valence-corrected chi connectivity index (χ1v) is 8.40. The van der Waals surface area contributed by atoms with Crippen LogP contribution in [-0.2, 0) is 6.18 Å². The van der Waals surface area contributed by atoms with Crippen molar-refractivity contribution in [2.45, 2.75) is 13.1 Å². The van der Waals surface area contributed by atoms with Gasteiger partial charge in [0, 0.05) is 5.56 Å². The molecular formula is C22H17F3O3. The fourth-order valence-electron chi connectivity index (χ4n) is 3.06. The zero-order valence-corrected chi connectivity index (χ0v) is 15.2. The second-order valence-electron chi connectivity index (χ2n) is 6.33. The molecule has 3 aromatic carbocycles. The molecular weight excluding hydrogens is 369 g/mol. The van der Waals surface area contributed by atoms with Crippen molar-refractivity contribution in [2.24, 2.45) is 0 Å². The third-order valence-corrected chi connectivity index (χ3v) is 4.51. The lowest BCUT2D eigenvalue weighted by molar-refractivity contribution is -0.137. The molecule has 0 heterocycles. The molecule has 0 saturated heterocycles. The quantitative estimate of drug-likeness (QED) is 0.593. The normalized spacial score (nSPS) is 11.3. The highest BCUT2D eigenvalue weighted by Crippen LogP contribution is 2.37. The van der Waals surface area contributed by atoms with E-state index in [2.05, 4.69) is 0 Å². The van der Waals surface area contributed by atoms with Crippen LogP contribution < -0.4 is 4.74 Å². The Balaban J connectivity index is 2.07. The first-order chi connectivity index (χ1) is 13.2. The second kappa shape index (κ2) is 7.38. The third kappa shape index (κ3) is 3.86. The molecule has 144 valence electrons. The molecule has 0 saturated carbocycles. The van der Waals surface area contributed by atoms with E-state index in [0.29, 0.717) is 16.9 Å². The summed E-state index contributed by atoms with van der Waals surface area (Å²) in [5.74, 6) is -0.474. The first-order valence-electron chi connectivity index (χ1n) is 8.40. The number of ether oxygens (including phenoxy) is 1. The molecule has 0 bridgehead atoms. The van der Waals surface area contributed by atoms with E-state index in [9.17, 15) is 18.0 Å². The number of carboxylic acid groups (broad SMARTS) is 1. The van der Waals surface area contributed by atoms with Crippen LogP contribution in [0.25, 0.3) is 22.3 Å².